The molecule has 2 heteroatoms. The van der Waals surface area contributed by atoms with E-state index in [2.05, 4.69) is 17.1 Å². The van der Waals surface area contributed by atoms with Gasteiger partial charge in [-0.1, -0.05) is 30.8 Å². The number of para-hydroxylation sites is 1. The number of H-pyrrole nitrogens is 1. The third kappa shape index (κ3) is 1.12. The van der Waals surface area contributed by atoms with Crippen LogP contribution in [0.4, 0.5) is 0 Å². The summed E-state index contributed by atoms with van der Waals surface area (Å²) in [6, 6.07) is 8.23. The lowest BCUT2D eigenvalue weighted by atomic mass is 10.1. The Morgan fingerprint density at radius 1 is 1.33 bits per heavy atom. The molecule has 12 heavy (non-hydrogen) atoms. The number of rotatable bonds is 1. The molecule has 0 aliphatic rings. The van der Waals surface area contributed by atoms with E-state index in [1.54, 1.807) is 0 Å². The molecule has 0 saturated carbocycles. The van der Waals surface area contributed by atoms with E-state index in [1.807, 2.05) is 25.3 Å². The van der Waals surface area contributed by atoms with Crippen LogP contribution in [0.2, 0.25) is 0 Å². The highest BCUT2D eigenvalue weighted by Gasteiger charge is 2.06. The van der Waals surface area contributed by atoms with Crippen molar-refractivity contribution in [3.63, 3.8) is 0 Å². The van der Waals surface area contributed by atoms with Gasteiger partial charge in [0, 0.05) is 22.3 Å². The largest absolute Gasteiger partial charge is 0.361 e. The van der Waals surface area contributed by atoms with E-state index >= 15 is 0 Å². The van der Waals surface area contributed by atoms with Gasteiger partial charge < -0.3 is 4.98 Å². The van der Waals surface area contributed by atoms with Crippen molar-refractivity contribution in [2.24, 2.45) is 0 Å². The Labute approximate surface area is 77.2 Å². The predicted octanol–water partition coefficient (Wildman–Crippen LogP) is 3.43. The molecular weight excluding hydrogens is 166 g/mol. The van der Waals surface area contributed by atoms with Crippen LogP contribution in [0.3, 0.4) is 0 Å². The van der Waals surface area contributed by atoms with Crippen molar-refractivity contribution < 1.29 is 0 Å². The molecule has 0 bridgehead atoms. The van der Waals surface area contributed by atoms with Crippen LogP contribution < -0.4 is 0 Å². The first-order chi connectivity index (χ1) is 5.79. The standard InChI is InChI=1S/C10H10NS/c1-7(12)9-6-11-10-5-3-2-4-8(9)10/h2-7,11H,1H3. The first kappa shape index (κ1) is 7.74. The molecule has 0 aliphatic heterocycles. The topological polar surface area (TPSA) is 15.8 Å². The van der Waals surface area contributed by atoms with Gasteiger partial charge in [-0.25, -0.2) is 0 Å². The van der Waals surface area contributed by atoms with Gasteiger partial charge in [-0.05, 0) is 18.6 Å². The number of benzene rings is 1. The minimum atomic E-state index is 0.182. The zero-order valence-electron chi connectivity index (χ0n) is 6.87. The molecule has 0 amide bonds. The number of fused-ring (bicyclic) bond motifs is 1. The van der Waals surface area contributed by atoms with Crippen LogP contribution in [0.25, 0.3) is 10.9 Å². The van der Waals surface area contributed by atoms with E-state index in [4.69, 9.17) is 12.6 Å². The highest BCUT2D eigenvalue weighted by Crippen LogP contribution is 2.26. The molecule has 0 aliphatic carbocycles. The van der Waals surface area contributed by atoms with E-state index in [9.17, 15) is 0 Å². The van der Waals surface area contributed by atoms with Crippen LogP contribution in [0, 0.1) is 0 Å². The summed E-state index contributed by atoms with van der Waals surface area (Å²) in [6.45, 7) is 2.03. The maximum atomic E-state index is 5.21. The van der Waals surface area contributed by atoms with Crippen LogP contribution in [0.15, 0.2) is 30.5 Å². The highest BCUT2D eigenvalue weighted by molar-refractivity contribution is 7.80. The molecule has 1 N–H and O–H groups in total. The molecule has 1 aromatic carbocycles. The van der Waals surface area contributed by atoms with Gasteiger partial charge in [0.05, 0.1) is 0 Å². The van der Waals surface area contributed by atoms with Gasteiger partial charge in [0.25, 0.3) is 0 Å². The summed E-state index contributed by atoms with van der Waals surface area (Å²) in [7, 11) is 0. The van der Waals surface area contributed by atoms with Gasteiger partial charge in [0.1, 0.15) is 0 Å². The number of aromatic amines is 1. The van der Waals surface area contributed by atoms with E-state index in [0.29, 0.717) is 0 Å². The Kier molecular flexibility index (Phi) is 1.85. The molecule has 1 radical (unpaired) electrons. The normalized spacial score (nSPS) is 13.5. The van der Waals surface area contributed by atoms with E-state index in [1.165, 1.54) is 16.5 Å². The molecule has 1 heterocycles. The van der Waals surface area contributed by atoms with Crippen molar-refractivity contribution >= 4 is 23.5 Å². The Morgan fingerprint density at radius 3 is 2.83 bits per heavy atom. The van der Waals surface area contributed by atoms with Gasteiger partial charge >= 0.3 is 0 Å². The molecule has 1 atom stereocenters. The second-order valence-electron chi connectivity index (χ2n) is 2.93. The first-order valence-electron chi connectivity index (χ1n) is 4.01. The Morgan fingerprint density at radius 2 is 2.08 bits per heavy atom. The monoisotopic (exact) mass is 176 g/mol. The summed E-state index contributed by atoms with van der Waals surface area (Å²) in [4.78, 5) is 3.20. The minimum Gasteiger partial charge on any atom is -0.361 e. The van der Waals surface area contributed by atoms with Gasteiger partial charge in [0.15, 0.2) is 0 Å². The van der Waals surface area contributed by atoms with Gasteiger partial charge in [-0.15, -0.1) is 0 Å². The Bertz CT molecular complexity index is 389. The lowest BCUT2D eigenvalue weighted by molar-refractivity contribution is 1.13. The maximum Gasteiger partial charge on any atom is 0.0457 e. The molecular formula is C10H10NS. The predicted molar refractivity (Wildman–Crippen MR) is 54.3 cm³/mol. The van der Waals surface area contributed by atoms with Crippen molar-refractivity contribution in [2.45, 2.75) is 12.2 Å². The fourth-order valence-electron chi connectivity index (χ4n) is 1.43. The third-order valence-electron chi connectivity index (χ3n) is 2.06. The SMILES string of the molecule is CC([S])c1c[nH]c2ccccc12. The quantitative estimate of drug-likeness (QED) is 0.685. The lowest BCUT2D eigenvalue weighted by Gasteiger charge is -1.98. The maximum absolute atomic E-state index is 5.21. The first-order valence-corrected chi connectivity index (χ1v) is 4.48. The minimum absolute atomic E-state index is 0.182. The third-order valence-corrected chi connectivity index (χ3v) is 2.31. The average Bonchev–Trinajstić information content (AvgIpc) is 2.47. The van der Waals surface area contributed by atoms with Crippen LogP contribution in [0.1, 0.15) is 17.7 Å². The smallest absolute Gasteiger partial charge is 0.0457 e. The van der Waals surface area contributed by atoms with Crippen molar-refractivity contribution in [1.29, 1.82) is 0 Å². The van der Waals surface area contributed by atoms with Crippen LogP contribution >= 0.6 is 12.6 Å². The van der Waals surface area contributed by atoms with Crippen molar-refractivity contribution in [3.05, 3.63) is 36.0 Å². The summed E-state index contributed by atoms with van der Waals surface area (Å²) >= 11 is 5.21. The number of aromatic nitrogens is 1. The average molecular weight is 176 g/mol. The van der Waals surface area contributed by atoms with Crippen molar-refractivity contribution in [2.75, 3.05) is 0 Å². The van der Waals surface area contributed by atoms with E-state index in [-0.39, 0.29) is 5.25 Å². The Hall–Kier alpha value is -0.890. The van der Waals surface area contributed by atoms with Crippen LogP contribution in [-0.2, 0) is 0 Å². The molecule has 0 spiro atoms. The second-order valence-corrected chi connectivity index (χ2v) is 3.64. The zero-order valence-corrected chi connectivity index (χ0v) is 7.69. The molecule has 1 unspecified atom stereocenters. The fourth-order valence-corrected chi connectivity index (χ4v) is 1.63. The van der Waals surface area contributed by atoms with E-state index in [0.717, 1.165) is 0 Å². The van der Waals surface area contributed by atoms with E-state index < -0.39 is 0 Å². The molecule has 61 valence electrons. The van der Waals surface area contributed by atoms with Crippen LogP contribution in [-0.4, -0.2) is 4.98 Å². The number of nitrogens with one attached hydrogen (secondary N) is 1. The molecule has 1 nitrogen and oxygen atoms in total. The summed E-state index contributed by atoms with van der Waals surface area (Å²) < 4.78 is 0. The summed E-state index contributed by atoms with van der Waals surface area (Å²) in [5, 5.41) is 1.43. The molecule has 0 saturated heterocycles. The van der Waals surface area contributed by atoms with Crippen molar-refractivity contribution in [1.82, 2.24) is 4.98 Å². The zero-order chi connectivity index (χ0) is 8.55. The van der Waals surface area contributed by atoms with Crippen LogP contribution in [0.5, 0.6) is 0 Å². The summed E-state index contributed by atoms with van der Waals surface area (Å²) in [5.41, 5.74) is 2.39. The Balaban J connectivity index is 2.70. The van der Waals surface area contributed by atoms with Crippen molar-refractivity contribution in [3.8, 4) is 0 Å². The van der Waals surface area contributed by atoms with Gasteiger partial charge in [-0.2, -0.15) is 0 Å². The lowest BCUT2D eigenvalue weighted by Crippen LogP contribution is -1.79. The van der Waals surface area contributed by atoms with Gasteiger partial charge in [-0.3, -0.25) is 0 Å². The molecule has 1 aromatic heterocycles. The summed E-state index contributed by atoms with van der Waals surface area (Å²) in [5.74, 6) is 0. The molecule has 0 fully saturated rings. The molecule has 2 aromatic rings. The second kappa shape index (κ2) is 2.87. The summed E-state index contributed by atoms with van der Waals surface area (Å²) in [6.07, 6.45) is 2.00. The molecule has 2 rings (SSSR count). The highest BCUT2D eigenvalue weighted by atomic mass is 32.1. The fraction of sp³-hybridized carbons (Fsp3) is 0.200. The van der Waals surface area contributed by atoms with Gasteiger partial charge in [0.2, 0.25) is 0 Å². The number of hydrogen-bond donors (Lipinski definition) is 1. The number of hydrogen-bond acceptors (Lipinski definition) is 0.